The smallest absolute Gasteiger partial charge is 0.295 e. The number of benzene rings is 1. The summed E-state index contributed by atoms with van der Waals surface area (Å²) in [6.45, 7) is 1.99. The van der Waals surface area contributed by atoms with Crippen molar-refractivity contribution in [3.8, 4) is 11.3 Å². The van der Waals surface area contributed by atoms with Crippen LogP contribution in [0.3, 0.4) is 0 Å². The summed E-state index contributed by atoms with van der Waals surface area (Å²) < 4.78 is 16.6. The van der Waals surface area contributed by atoms with Crippen LogP contribution in [0.5, 0.6) is 0 Å². The minimum absolute atomic E-state index is 0.0270. The van der Waals surface area contributed by atoms with Crippen molar-refractivity contribution in [2.24, 2.45) is 14.1 Å². The molecule has 4 rings (SSSR count). The molecule has 0 amide bonds. The number of aromatic nitrogens is 4. The van der Waals surface area contributed by atoms with Crippen LogP contribution in [0.2, 0.25) is 0 Å². The number of aromatic amines is 1. The summed E-state index contributed by atoms with van der Waals surface area (Å²) in [4.78, 5) is 12.2. The normalized spacial score (nSPS) is 16.2. The molecule has 0 saturated carbocycles. The first kappa shape index (κ1) is 15.6. The Kier molecular flexibility index (Phi) is 3.49. The molecule has 3 aromatic rings. The van der Waals surface area contributed by atoms with Crippen LogP contribution < -0.4 is 16.4 Å². The first-order valence-corrected chi connectivity index (χ1v) is 8.22. The number of hydrogen-bond donors (Lipinski definition) is 1. The first-order chi connectivity index (χ1) is 12.0. The molecule has 5 nitrogen and oxygen atoms in total. The van der Waals surface area contributed by atoms with Crippen LogP contribution in [0.4, 0.5) is 4.39 Å². The number of nitrogens with one attached hydrogen (secondary N) is 1. The van der Waals surface area contributed by atoms with Crippen molar-refractivity contribution >= 4 is 12.2 Å². The van der Waals surface area contributed by atoms with E-state index in [-0.39, 0.29) is 17.4 Å². The lowest BCUT2D eigenvalue weighted by molar-refractivity contribution is 0.628. The molecular weight excluding hydrogens is 319 g/mol. The van der Waals surface area contributed by atoms with Crippen LogP contribution in [0.25, 0.3) is 23.4 Å². The Labute approximate surface area is 143 Å². The quantitative estimate of drug-likeness (QED) is 0.766. The van der Waals surface area contributed by atoms with Gasteiger partial charge in [0.25, 0.3) is 0 Å². The lowest BCUT2D eigenvalue weighted by atomic mass is 9.89. The Morgan fingerprint density at radius 2 is 1.84 bits per heavy atom. The predicted molar refractivity (Wildman–Crippen MR) is 94.9 cm³/mol. The predicted octanol–water partition coefficient (Wildman–Crippen LogP) is 1.31. The second-order valence-corrected chi connectivity index (χ2v) is 6.50. The summed E-state index contributed by atoms with van der Waals surface area (Å²) >= 11 is 0. The van der Waals surface area contributed by atoms with E-state index >= 15 is 0 Å². The van der Waals surface area contributed by atoms with Gasteiger partial charge in [0, 0.05) is 36.8 Å². The zero-order valence-corrected chi connectivity index (χ0v) is 14.4. The van der Waals surface area contributed by atoms with Gasteiger partial charge in [-0.05, 0) is 37.6 Å². The van der Waals surface area contributed by atoms with E-state index in [1.165, 1.54) is 12.1 Å². The van der Waals surface area contributed by atoms with Gasteiger partial charge < -0.3 is 0 Å². The van der Waals surface area contributed by atoms with E-state index in [2.05, 4.69) is 22.3 Å². The van der Waals surface area contributed by atoms with Crippen molar-refractivity contribution in [1.82, 2.24) is 19.3 Å². The number of H-pyrrole nitrogens is 1. The molecule has 0 spiro atoms. The minimum Gasteiger partial charge on any atom is -0.295 e. The Morgan fingerprint density at radius 1 is 1.16 bits per heavy atom. The molecule has 2 aromatic heterocycles. The van der Waals surface area contributed by atoms with Crippen molar-refractivity contribution in [1.29, 1.82) is 0 Å². The largest absolute Gasteiger partial charge is 0.328 e. The molecule has 6 heteroatoms. The van der Waals surface area contributed by atoms with E-state index in [1.54, 1.807) is 35.4 Å². The van der Waals surface area contributed by atoms with Gasteiger partial charge in [-0.3, -0.25) is 14.2 Å². The number of fused-ring (bicyclic) bond motifs is 1. The summed E-state index contributed by atoms with van der Waals surface area (Å²) in [6.07, 6.45) is 5.02. The molecule has 0 saturated heterocycles. The van der Waals surface area contributed by atoms with Crippen LogP contribution in [-0.4, -0.2) is 19.3 Å². The lowest BCUT2D eigenvalue weighted by Gasteiger charge is -2.15. The molecule has 1 aromatic carbocycles. The van der Waals surface area contributed by atoms with E-state index in [4.69, 9.17) is 0 Å². The number of imidazole rings is 1. The second kappa shape index (κ2) is 5.58. The summed E-state index contributed by atoms with van der Waals surface area (Å²) in [5.41, 5.74) is 3.75. The van der Waals surface area contributed by atoms with E-state index in [0.717, 1.165) is 39.6 Å². The second-order valence-electron chi connectivity index (χ2n) is 6.50. The maximum atomic E-state index is 13.2. The molecule has 1 aliphatic rings. The maximum Gasteiger partial charge on any atom is 0.328 e. The van der Waals surface area contributed by atoms with Crippen molar-refractivity contribution in [2.45, 2.75) is 19.3 Å². The van der Waals surface area contributed by atoms with Gasteiger partial charge >= 0.3 is 5.69 Å². The molecule has 128 valence electrons. The Balaban J connectivity index is 1.88. The molecule has 0 bridgehead atoms. The van der Waals surface area contributed by atoms with E-state index in [9.17, 15) is 9.18 Å². The highest BCUT2D eigenvalue weighted by molar-refractivity contribution is 5.67. The zero-order valence-electron chi connectivity index (χ0n) is 14.4. The van der Waals surface area contributed by atoms with Gasteiger partial charge in [0.15, 0.2) is 0 Å². The Hall–Kier alpha value is -2.89. The zero-order chi connectivity index (χ0) is 17.7. The molecular formula is C19H19FN4O. The minimum atomic E-state index is -0.265. The number of rotatable bonds is 2. The molecule has 0 fully saturated rings. The van der Waals surface area contributed by atoms with Crippen molar-refractivity contribution in [3.05, 3.63) is 62.5 Å². The third-order valence-electron chi connectivity index (χ3n) is 4.97. The van der Waals surface area contributed by atoms with Gasteiger partial charge in [-0.1, -0.05) is 12.2 Å². The van der Waals surface area contributed by atoms with Crippen LogP contribution in [0.1, 0.15) is 23.6 Å². The number of nitrogens with zero attached hydrogens (tertiary/aromatic N) is 3. The van der Waals surface area contributed by atoms with Crippen molar-refractivity contribution in [2.75, 3.05) is 0 Å². The third-order valence-corrected chi connectivity index (χ3v) is 4.97. The van der Waals surface area contributed by atoms with Crippen LogP contribution in [0, 0.1) is 12.7 Å². The summed E-state index contributed by atoms with van der Waals surface area (Å²) in [5, 5.41) is 9.37. The van der Waals surface area contributed by atoms with Gasteiger partial charge in [0.05, 0.1) is 16.4 Å². The lowest BCUT2D eigenvalue weighted by Crippen LogP contribution is -2.34. The highest BCUT2D eigenvalue weighted by atomic mass is 19.1. The van der Waals surface area contributed by atoms with E-state index < -0.39 is 0 Å². The monoisotopic (exact) mass is 338 g/mol. The third kappa shape index (κ3) is 2.36. The molecule has 0 radical (unpaired) electrons. The average Bonchev–Trinajstić information content (AvgIpc) is 3.10. The van der Waals surface area contributed by atoms with Crippen LogP contribution in [0.15, 0.2) is 29.1 Å². The van der Waals surface area contributed by atoms with E-state index in [0.29, 0.717) is 0 Å². The van der Waals surface area contributed by atoms with E-state index in [1.807, 2.05) is 6.92 Å². The summed E-state index contributed by atoms with van der Waals surface area (Å²) in [5.74, 6) is -0.154. The molecule has 1 unspecified atom stereocenters. The van der Waals surface area contributed by atoms with Crippen LogP contribution >= 0.6 is 0 Å². The number of hydrogen-bond acceptors (Lipinski definition) is 2. The Bertz CT molecular complexity index is 1130. The van der Waals surface area contributed by atoms with Crippen LogP contribution in [-0.2, 0) is 14.1 Å². The standard InChI is InChI=1S/C19H19FN4O/c1-11-17(18(22-21-11)12-4-7-14(20)8-5-12)13-6-9-15-16(10-13)24(3)19(25)23(15)2/h4-5,7-10,13H,6H2,1-3H3,(H,21,22). The average molecular weight is 338 g/mol. The number of aryl methyl sites for hydroxylation is 1. The van der Waals surface area contributed by atoms with Gasteiger partial charge in [-0.15, -0.1) is 0 Å². The van der Waals surface area contributed by atoms with Gasteiger partial charge in [-0.2, -0.15) is 5.10 Å². The Morgan fingerprint density at radius 3 is 2.56 bits per heavy atom. The molecule has 1 aliphatic carbocycles. The fraction of sp³-hybridized carbons (Fsp3) is 0.263. The fourth-order valence-electron chi connectivity index (χ4n) is 3.63. The summed E-state index contributed by atoms with van der Waals surface area (Å²) in [7, 11) is 3.58. The highest BCUT2D eigenvalue weighted by Gasteiger charge is 2.22. The van der Waals surface area contributed by atoms with Gasteiger partial charge in [0.2, 0.25) is 0 Å². The number of halogens is 1. The fourth-order valence-corrected chi connectivity index (χ4v) is 3.63. The van der Waals surface area contributed by atoms with Crippen molar-refractivity contribution < 1.29 is 4.39 Å². The highest BCUT2D eigenvalue weighted by Crippen LogP contribution is 2.33. The molecule has 1 N–H and O–H groups in total. The molecule has 1 atom stereocenters. The molecule has 0 aliphatic heterocycles. The maximum absolute atomic E-state index is 13.2. The van der Waals surface area contributed by atoms with Gasteiger partial charge in [0.1, 0.15) is 5.82 Å². The SMILES string of the molecule is Cc1[nH]nc(-c2ccc(F)cc2)c1C1C=c2c(n(C)c(=O)n2C)=CC1. The topological polar surface area (TPSA) is 55.6 Å². The molecule has 25 heavy (non-hydrogen) atoms. The van der Waals surface area contributed by atoms with Gasteiger partial charge in [-0.25, -0.2) is 9.18 Å². The van der Waals surface area contributed by atoms with Crippen molar-refractivity contribution in [3.63, 3.8) is 0 Å². The summed E-state index contributed by atoms with van der Waals surface area (Å²) in [6, 6.07) is 6.37. The first-order valence-electron chi connectivity index (χ1n) is 8.22. The molecule has 2 heterocycles.